The normalized spacial score (nSPS) is 11.9. The van der Waals surface area contributed by atoms with Gasteiger partial charge in [0.05, 0.1) is 6.10 Å². The molecule has 1 unspecified atom stereocenters. The summed E-state index contributed by atoms with van der Waals surface area (Å²) in [5, 5.41) is 16.1. The molecule has 2 aromatic carbocycles. The molecule has 1 atom stereocenters. The number of benzene rings is 2. The van der Waals surface area contributed by atoms with Crippen molar-refractivity contribution in [2.24, 2.45) is 0 Å². The fourth-order valence-corrected chi connectivity index (χ4v) is 2.47. The molecule has 0 aliphatic carbocycles. The molecule has 28 heavy (non-hydrogen) atoms. The highest BCUT2D eigenvalue weighted by Gasteiger charge is 2.10. The summed E-state index contributed by atoms with van der Waals surface area (Å²) >= 11 is 0. The van der Waals surface area contributed by atoms with E-state index < -0.39 is 17.7 Å². The highest BCUT2D eigenvalue weighted by molar-refractivity contribution is 5.94. The van der Waals surface area contributed by atoms with E-state index in [2.05, 4.69) is 10.4 Å². The van der Waals surface area contributed by atoms with Gasteiger partial charge in [-0.3, -0.25) is 4.79 Å². The summed E-state index contributed by atoms with van der Waals surface area (Å²) in [4.78, 5) is 12.0. The molecule has 1 amide bonds. The lowest BCUT2D eigenvalue weighted by Crippen LogP contribution is -2.30. The summed E-state index contributed by atoms with van der Waals surface area (Å²) in [6.45, 7) is 1.84. The number of hydrogen-bond donors (Lipinski definition) is 2. The maximum atomic E-state index is 13.8. The summed E-state index contributed by atoms with van der Waals surface area (Å²) in [6, 6.07) is 11.5. The fourth-order valence-electron chi connectivity index (χ4n) is 2.47. The second kappa shape index (κ2) is 8.62. The number of nitrogens with zero attached hydrogens (tertiary/aromatic N) is 2. The van der Waals surface area contributed by atoms with E-state index in [-0.39, 0.29) is 24.7 Å². The van der Waals surface area contributed by atoms with E-state index in [1.165, 1.54) is 10.7 Å². The van der Waals surface area contributed by atoms with Crippen molar-refractivity contribution in [3.05, 3.63) is 77.6 Å². The van der Waals surface area contributed by atoms with E-state index in [9.17, 15) is 18.7 Å². The van der Waals surface area contributed by atoms with Gasteiger partial charge in [0.1, 0.15) is 29.6 Å². The molecule has 0 saturated heterocycles. The number of aliphatic hydroxyl groups excluding tert-OH is 1. The van der Waals surface area contributed by atoms with Crippen molar-refractivity contribution in [2.75, 3.05) is 6.54 Å². The third-order valence-electron chi connectivity index (χ3n) is 3.84. The average Bonchev–Trinajstić information content (AvgIpc) is 3.13. The number of halogens is 2. The lowest BCUT2D eigenvalue weighted by atomic mass is 10.2. The Kier molecular flexibility index (Phi) is 6.00. The molecule has 0 radical (unpaired) electrons. The topological polar surface area (TPSA) is 76.4 Å². The van der Waals surface area contributed by atoms with Crippen molar-refractivity contribution >= 4 is 5.91 Å². The van der Waals surface area contributed by atoms with E-state index >= 15 is 0 Å². The molecule has 0 bridgehead atoms. The first-order valence-corrected chi connectivity index (χ1v) is 8.61. The van der Waals surface area contributed by atoms with E-state index in [1.807, 2.05) is 0 Å². The minimum Gasteiger partial charge on any atom is -0.487 e. The first kappa shape index (κ1) is 19.5. The van der Waals surface area contributed by atoms with Gasteiger partial charge < -0.3 is 15.2 Å². The monoisotopic (exact) mass is 387 g/mol. The van der Waals surface area contributed by atoms with Gasteiger partial charge in [0, 0.05) is 24.4 Å². The molecule has 0 saturated carbocycles. The summed E-state index contributed by atoms with van der Waals surface area (Å²) in [7, 11) is 0. The van der Waals surface area contributed by atoms with Crippen LogP contribution in [0.3, 0.4) is 0 Å². The van der Waals surface area contributed by atoms with Gasteiger partial charge in [-0.1, -0.05) is 6.07 Å². The van der Waals surface area contributed by atoms with Crippen molar-refractivity contribution in [1.29, 1.82) is 0 Å². The molecular weight excluding hydrogens is 368 g/mol. The van der Waals surface area contributed by atoms with Gasteiger partial charge in [0.25, 0.3) is 5.91 Å². The third-order valence-corrected chi connectivity index (χ3v) is 3.84. The second-order valence-corrected chi connectivity index (χ2v) is 6.22. The SMILES string of the molecule is CC(O)CNC(=O)c1cccc(OCc2ccn(-c3ccc(F)cc3F)n2)c1. The zero-order chi connectivity index (χ0) is 20.1. The van der Waals surface area contributed by atoms with Crippen LogP contribution in [0.15, 0.2) is 54.7 Å². The number of rotatable bonds is 7. The van der Waals surface area contributed by atoms with Crippen LogP contribution >= 0.6 is 0 Å². The van der Waals surface area contributed by atoms with Crippen LogP contribution in [0.5, 0.6) is 5.75 Å². The van der Waals surface area contributed by atoms with Gasteiger partial charge in [-0.2, -0.15) is 5.10 Å². The van der Waals surface area contributed by atoms with Crippen LogP contribution in [0.2, 0.25) is 0 Å². The van der Waals surface area contributed by atoms with Crippen LogP contribution in [0, 0.1) is 11.6 Å². The molecule has 3 aromatic rings. The standard InChI is InChI=1S/C20H19F2N3O3/c1-13(26)11-23-20(27)14-3-2-4-17(9-14)28-12-16-7-8-25(24-16)19-6-5-15(21)10-18(19)22/h2-10,13,26H,11-12H2,1H3,(H,23,27). The van der Waals surface area contributed by atoms with E-state index in [0.717, 1.165) is 12.1 Å². The smallest absolute Gasteiger partial charge is 0.251 e. The average molecular weight is 387 g/mol. The molecule has 2 N–H and O–H groups in total. The Morgan fingerprint density at radius 2 is 2.07 bits per heavy atom. The van der Waals surface area contributed by atoms with Gasteiger partial charge in [-0.05, 0) is 43.3 Å². The van der Waals surface area contributed by atoms with Crippen molar-refractivity contribution in [2.45, 2.75) is 19.6 Å². The van der Waals surface area contributed by atoms with Gasteiger partial charge in [-0.15, -0.1) is 0 Å². The first-order chi connectivity index (χ1) is 13.4. The number of aromatic nitrogens is 2. The maximum absolute atomic E-state index is 13.8. The van der Waals surface area contributed by atoms with Crippen LogP contribution in [0.25, 0.3) is 5.69 Å². The minimum atomic E-state index is -0.716. The highest BCUT2D eigenvalue weighted by Crippen LogP contribution is 2.17. The first-order valence-electron chi connectivity index (χ1n) is 8.61. The number of carbonyl (C=O) groups excluding carboxylic acids is 1. The Morgan fingerprint density at radius 1 is 1.25 bits per heavy atom. The summed E-state index contributed by atoms with van der Waals surface area (Å²) < 4.78 is 33.8. The van der Waals surface area contributed by atoms with Crippen molar-refractivity contribution in [3.8, 4) is 11.4 Å². The Labute approximate surface area is 160 Å². The van der Waals surface area contributed by atoms with Crippen LogP contribution in [0.1, 0.15) is 23.0 Å². The molecule has 0 spiro atoms. The summed E-state index contributed by atoms with van der Waals surface area (Å²) in [5.74, 6) is -1.23. The van der Waals surface area contributed by atoms with Crippen molar-refractivity contribution in [3.63, 3.8) is 0 Å². The molecule has 1 aromatic heterocycles. The van der Waals surface area contributed by atoms with Crippen LogP contribution in [-0.4, -0.2) is 33.4 Å². The second-order valence-electron chi connectivity index (χ2n) is 6.22. The van der Waals surface area contributed by atoms with Gasteiger partial charge in [0.15, 0.2) is 5.82 Å². The van der Waals surface area contributed by atoms with Crippen molar-refractivity contribution < 1.29 is 23.4 Å². The predicted molar refractivity (Wildman–Crippen MR) is 98.3 cm³/mol. The number of hydrogen-bond acceptors (Lipinski definition) is 4. The molecule has 8 heteroatoms. The van der Waals surface area contributed by atoms with Gasteiger partial charge in [0.2, 0.25) is 0 Å². The number of aliphatic hydroxyl groups is 1. The Bertz CT molecular complexity index is 973. The van der Waals surface area contributed by atoms with E-state index in [0.29, 0.717) is 17.0 Å². The summed E-state index contributed by atoms with van der Waals surface area (Å²) in [6.07, 6.45) is 0.916. The largest absolute Gasteiger partial charge is 0.487 e. The van der Waals surface area contributed by atoms with Crippen LogP contribution in [-0.2, 0) is 6.61 Å². The van der Waals surface area contributed by atoms with Crippen LogP contribution in [0.4, 0.5) is 8.78 Å². The highest BCUT2D eigenvalue weighted by atomic mass is 19.1. The Morgan fingerprint density at radius 3 is 2.82 bits per heavy atom. The van der Waals surface area contributed by atoms with Crippen LogP contribution < -0.4 is 10.1 Å². The molecule has 1 heterocycles. The quantitative estimate of drug-likeness (QED) is 0.654. The zero-order valence-corrected chi connectivity index (χ0v) is 15.1. The number of nitrogens with one attached hydrogen (secondary N) is 1. The molecule has 6 nitrogen and oxygen atoms in total. The van der Waals surface area contributed by atoms with Gasteiger partial charge in [-0.25, -0.2) is 13.5 Å². The lowest BCUT2D eigenvalue weighted by Gasteiger charge is -2.09. The van der Waals surface area contributed by atoms with E-state index in [4.69, 9.17) is 4.74 Å². The fraction of sp³-hybridized carbons (Fsp3) is 0.200. The summed E-state index contributed by atoms with van der Waals surface area (Å²) in [5.41, 5.74) is 1.06. The number of ether oxygens (including phenoxy) is 1. The molecule has 3 rings (SSSR count). The predicted octanol–water partition coefficient (Wildman–Crippen LogP) is 2.84. The van der Waals surface area contributed by atoms with Gasteiger partial charge >= 0.3 is 0 Å². The number of amides is 1. The number of carbonyl (C=O) groups is 1. The van der Waals surface area contributed by atoms with Crippen molar-refractivity contribution in [1.82, 2.24) is 15.1 Å². The molecular formula is C20H19F2N3O3. The Hall–Kier alpha value is -3.26. The lowest BCUT2D eigenvalue weighted by molar-refractivity contribution is 0.0923. The zero-order valence-electron chi connectivity index (χ0n) is 15.1. The molecule has 0 fully saturated rings. The maximum Gasteiger partial charge on any atom is 0.251 e. The molecule has 146 valence electrons. The third kappa shape index (κ3) is 4.92. The Balaban J connectivity index is 1.64. The molecule has 0 aliphatic rings. The minimum absolute atomic E-state index is 0.106. The molecule has 0 aliphatic heterocycles. The van der Waals surface area contributed by atoms with E-state index in [1.54, 1.807) is 43.5 Å².